The number of ether oxygens (including phenoxy) is 1. The topological polar surface area (TPSA) is 102 Å². The predicted molar refractivity (Wildman–Crippen MR) is 89.7 cm³/mol. The number of nitrogens with one attached hydrogen (secondary N) is 2. The highest BCUT2D eigenvalue weighted by Gasteiger charge is 2.22. The lowest BCUT2D eigenvalue weighted by Crippen LogP contribution is -2.49. The molecule has 1 atom stereocenters. The maximum Gasteiger partial charge on any atom is 0.256 e. The Labute approximate surface area is 140 Å². The van der Waals surface area contributed by atoms with Gasteiger partial charge < -0.3 is 10.1 Å². The number of hydrogen-bond acceptors (Lipinski definition) is 6. The molecule has 0 aromatic heterocycles. The van der Waals surface area contributed by atoms with E-state index in [1.165, 1.54) is 18.7 Å². The average molecular weight is 360 g/mol. The third-order valence-electron chi connectivity index (χ3n) is 2.69. The first kappa shape index (κ1) is 19.3. The molecule has 0 aliphatic rings. The molecule has 0 heterocycles. The SMILES string of the molecule is COc1ccc(CSCC(NC(C)=O)C(=O)NS(C)(=O)=O)cc1. The maximum absolute atomic E-state index is 11.9. The van der Waals surface area contributed by atoms with E-state index in [4.69, 9.17) is 4.74 Å². The van der Waals surface area contributed by atoms with Crippen LogP contribution in [0.2, 0.25) is 0 Å². The van der Waals surface area contributed by atoms with Crippen LogP contribution in [-0.4, -0.2) is 45.4 Å². The molecular weight excluding hydrogens is 340 g/mol. The van der Waals surface area contributed by atoms with Crippen molar-refractivity contribution in [2.75, 3.05) is 19.1 Å². The molecule has 0 saturated heterocycles. The highest BCUT2D eigenvalue weighted by molar-refractivity contribution is 7.98. The number of carbonyl (C=O) groups is 2. The van der Waals surface area contributed by atoms with Crippen molar-refractivity contribution < 1.29 is 22.7 Å². The fourth-order valence-corrected chi connectivity index (χ4v) is 3.22. The van der Waals surface area contributed by atoms with Crippen molar-refractivity contribution in [1.82, 2.24) is 10.0 Å². The molecule has 1 aromatic rings. The average Bonchev–Trinajstić information content (AvgIpc) is 2.44. The van der Waals surface area contributed by atoms with Crippen LogP contribution < -0.4 is 14.8 Å². The largest absolute Gasteiger partial charge is 0.497 e. The molecule has 0 bridgehead atoms. The van der Waals surface area contributed by atoms with Crippen molar-refractivity contribution in [3.05, 3.63) is 29.8 Å². The second-order valence-electron chi connectivity index (χ2n) is 4.85. The molecule has 0 saturated carbocycles. The summed E-state index contributed by atoms with van der Waals surface area (Å²) in [5, 5.41) is 2.45. The normalized spacial score (nSPS) is 12.3. The van der Waals surface area contributed by atoms with Gasteiger partial charge in [-0.3, -0.25) is 14.3 Å². The molecule has 128 valence electrons. The number of benzene rings is 1. The number of rotatable bonds is 8. The highest BCUT2D eigenvalue weighted by atomic mass is 32.2. The minimum absolute atomic E-state index is 0.257. The molecule has 0 aliphatic heterocycles. The summed E-state index contributed by atoms with van der Waals surface area (Å²) in [6.07, 6.45) is 0.889. The van der Waals surface area contributed by atoms with Gasteiger partial charge in [0.1, 0.15) is 11.8 Å². The lowest BCUT2D eigenvalue weighted by molar-refractivity contribution is -0.126. The van der Waals surface area contributed by atoms with Crippen LogP contribution in [0, 0.1) is 0 Å². The van der Waals surface area contributed by atoms with Crippen LogP contribution in [0.5, 0.6) is 5.75 Å². The van der Waals surface area contributed by atoms with Gasteiger partial charge >= 0.3 is 0 Å². The molecule has 2 amide bonds. The third-order valence-corrected chi connectivity index (χ3v) is 4.37. The van der Waals surface area contributed by atoms with Gasteiger partial charge in [-0.05, 0) is 17.7 Å². The first-order valence-electron chi connectivity index (χ1n) is 6.70. The van der Waals surface area contributed by atoms with Gasteiger partial charge in [0.2, 0.25) is 15.9 Å². The summed E-state index contributed by atoms with van der Waals surface area (Å²) >= 11 is 1.41. The number of carbonyl (C=O) groups excluding carboxylic acids is 2. The van der Waals surface area contributed by atoms with Crippen LogP contribution in [0.3, 0.4) is 0 Å². The molecule has 9 heteroatoms. The molecule has 0 fully saturated rings. The van der Waals surface area contributed by atoms with E-state index in [9.17, 15) is 18.0 Å². The van der Waals surface area contributed by atoms with Crippen LogP contribution in [0.25, 0.3) is 0 Å². The summed E-state index contributed by atoms with van der Waals surface area (Å²) in [4.78, 5) is 23.0. The lowest BCUT2D eigenvalue weighted by atomic mass is 10.2. The number of methoxy groups -OCH3 is 1. The van der Waals surface area contributed by atoms with Gasteiger partial charge in [-0.1, -0.05) is 12.1 Å². The van der Waals surface area contributed by atoms with E-state index in [2.05, 4.69) is 5.32 Å². The van der Waals surface area contributed by atoms with Crippen molar-refractivity contribution in [2.45, 2.75) is 18.7 Å². The van der Waals surface area contributed by atoms with Crippen molar-refractivity contribution in [3.63, 3.8) is 0 Å². The van der Waals surface area contributed by atoms with Gasteiger partial charge in [0, 0.05) is 18.4 Å². The summed E-state index contributed by atoms with van der Waals surface area (Å²) in [6, 6.07) is 6.55. The van der Waals surface area contributed by atoms with Crippen molar-refractivity contribution in [2.24, 2.45) is 0 Å². The molecule has 23 heavy (non-hydrogen) atoms. The molecule has 1 unspecified atom stereocenters. The predicted octanol–water partition coefficient (Wildman–Crippen LogP) is 0.509. The minimum Gasteiger partial charge on any atom is -0.497 e. The summed E-state index contributed by atoms with van der Waals surface area (Å²) in [5.74, 6) is 0.482. The van der Waals surface area contributed by atoms with Crippen LogP contribution in [0.15, 0.2) is 24.3 Å². The molecule has 7 nitrogen and oxygen atoms in total. The van der Waals surface area contributed by atoms with Crippen LogP contribution >= 0.6 is 11.8 Å². The van der Waals surface area contributed by atoms with Gasteiger partial charge in [-0.25, -0.2) is 8.42 Å². The molecule has 2 N–H and O–H groups in total. The van der Waals surface area contributed by atoms with E-state index in [1.807, 2.05) is 29.0 Å². The van der Waals surface area contributed by atoms with Gasteiger partial charge in [0.05, 0.1) is 13.4 Å². The Balaban J connectivity index is 2.59. The summed E-state index contributed by atoms with van der Waals surface area (Å²) < 4.78 is 29.2. The first-order chi connectivity index (χ1) is 10.7. The Bertz CT molecular complexity index is 644. The molecular formula is C14H20N2O5S2. The smallest absolute Gasteiger partial charge is 0.256 e. The zero-order chi connectivity index (χ0) is 17.5. The van der Waals surface area contributed by atoms with E-state index in [-0.39, 0.29) is 5.75 Å². The molecule has 1 rings (SSSR count). The summed E-state index contributed by atoms with van der Waals surface area (Å²) in [6.45, 7) is 1.27. The fourth-order valence-electron chi connectivity index (χ4n) is 1.70. The quantitative estimate of drug-likeness (QED) is 0.700. The van der Waals surface area contributed by atoms with Gasteiger partial charge in [-0.2, -0.15) is 11.8 Å². The number of hydrogen-bond donors (Lipinski definition) is 2. The summed E-state index contributed by atoms with van der Waals surface area (Å²) in [7, 11) is -2.08. The Morgan fingerprint density at radius 2 is 1.87 bits per heavy atom. The first-order valence-corrected chi connectivity index (χ1v) is 9.75. The number of thioether (sulfide) groups is 1. The Hall–Kier alpha value is -1.74. The zero-order valence-corrected chi connectivity index (χ0v) is 14.8. The molecule has 0 spiro atoms. The summed E-state index contributed by atoms with van der Waals surface area (Å²) in [5.41, 5.74) is 1.03. The Morgan fingerprint density at radius 1 is 1.26 bits per heavy atom. The lowest BCUT2D eigenvalue weighted by Gasteiger charge is -2.16. The van der Waals surface area contributed by atoms with E-state index >= 15 is 0 Å². The number of sulfonamides is 1. The van der Waals surface area contributed by atoms with Gasteiger partial charge in [0.25, 0.3) is 5.91 Å². The van der Waals surface area contributed by atoms with Crippen LogP contribution in [0.4, 0.5) is 0 Å². The Morgan fingerprint density at radius 3 is 2.35 bits per heavy atom. The zero-order valence-electron chi connectivity index (χ0n) is 13.2. The van der Waals surface area contributed by atoms with Gasteiger partial charge in [-0.15, -0.1) is 0 Å². The van der Waals surface area contributed by atoms with Crippen molar-refractivity contribution >= 4 is 33.6 Å². The standard InChI is InChI=1S/C14H20N2O5S2/c1-10(17)15-13(14(18)16-23(3,19)20)9-22-8-11-4-6-12(21-2)7-5-11/h4-7,13H,8-9H2,1-3H3,(H,15,17)(H,16,18). The van der Waals surface area contributed by atoms with Crippen LogP contribution in [-0.2, 0) is 25.4 Å². The van der Waals surface area contributed by atoms with E-state index in [1.54, 1.807) is 7.11 Å². The number of amides is 2. The van der Waals surface area contributed by atoms with E-state index in [0.29, 0.717) is 5.75 Å². The van der Waals surface area contributed by atoms with Crippen molar-refractivity contribution in [3.8, 4) is 5.75 Å². The highest BCUT2D eigenvalue weighted by Crippen LogP contribution is 2.17. The molecule has 1 aromatic carbocycles. The van der Waals surface area contributed by atoms with E-state index in [0.717, 1.165) is 17.6 Å². The minimum atomic E-state index is -3.66. The molecule has 0 aliphatic carbocycles. The second-order valence-corrected chi connectivity index (χ2v) is 7.63. The fraction of sp³-hybridized carbons (Fsp3) is 0.429. The Kier molecular flexibility index (Phi) is 7.37. The maximum atomic E-state index is 11.9. The monoisotopic (exact) mass is 360 g/mol. The second kappa shape index (κ2) is 8.78. The van der Waals surface area contributed by atoms with Crippen molar-refractivity contribution in [1.29, 1.82) is 0 Å². The third kappa shape index (κ3) is 7.89. The van der Waals surface area contributed by atoms with E-state index < -0.39 is 27.9 Å². The van der Waals surface area contributed by atoms with Gasteiger partial charge in [0.15, 0.2) is 0 Å². The van der Waals surface area contributed by atoms with Crippen LogP contribution in [0.1, 0.15) is 12.5 Å². The molecule has 0 radical (unpaired) electrons.